The van der Waals surface area contributed by atoms with E-state index in [-0.39, 0.29) is 0 Å². The minimum Gasteiger partial charge on any atom is -0.353 e. The fourth-order valence-electron chi connectivity index (χ4n) is 4.32. The molecule has 1 aliphatic heterocycles. The number of fused-ring (bicyclic) bond motifs is 1. The molecule has 4 aromatic heterocycles. The number of anilines is 2. The van der Waals surface area contributed by atoms with Crippen molar-refractivity contribution in [3.63, 3.8) is 0 Å². The largest absolute Gasteiger partial charge is 0.353 e. The van der Waals surface area contributed by atoms with Crippen LogP contribution in [0.2, 0.25) is 0 Å². The quantitative estimate of drug-likeness (QED) is 0.428. The molecule has 6 rings (SSSR count). The van der Waals surface area contributed by atoms with Crippen molar-refractivity contribution in [3.05, 3.63) is 73.7 Å². The SMILES string of the molecule is Cn1cc(-c2ccc3cnn(-c4ccnc(N5CCN(c6ccncn6)CC5)c4)c3c2)cn1. The molecule has 0 radical (unpaired) electrons. The molecule has 5 heterocycles. The van der Waals surface area contributed by atoms with Crippen molar-refractivity contribution in [2.24, 2.45) is 7.05 Å². The minimum absolute atomic E-state index is 0.880. The maximum Gasteiger partial charge on any atom is 0.132 e. The Hall–Kier alpha value is -4.27. The first kappa shape index (κ1) is 19.4. The predicted molar refractivity (Wildman–Crippen MR) is 128 cm³/mol. The zero-order valence-corrected chi connectivity index (χ0v) is 18.3. The molecule has 1 saturated heterocycles. The van der Waals surface area contributed by atoms with Gasteiger partial charge in [0, 0.05) is 68.8 Å². The Morgan fingerprint density at radius 1 is 0.758 bits per heavy atom. The molecule has 0 N–H and O–H groups in total. The molecule has 0 atom stereocenters. The zero-order valence-electron chi connectivity index (χ0n) is 18.3. The molecule has 1 aliphatic rings. The smallest absolute Gasteiger partial charge is 0.132 e. The number of pyridine rings is 1. The highest BCUT2D eigenvalue weighted by molar-refractivity contribution is 5.85. The fraction of sp³-hybridized carbons (Fsp3) is 0.208. The van der Waals surface area contributed by atoms with Crippen LogP contribution < -0.4 is 9.80 Å². The second-order valence-electron chi connectivity index (χ2n) is 8.15. The monoisotopic (exact) mass is 437 g/mol. The average molecular weight is 438 g/mol. The lowest BCUT2D eigenvalue weighted by Gasteiger charge is -2.36. The predicted octanol–water partition coefficient (Wildman–Crippen LogP) is 2.94. The van der Waals surface area contributed by atoms with Crippen LogP contribution in [0.5, 0.6) is 0 Å². The van der Waals surface area contributed by atoms with Gasteiger partial charge >= 0.3 is 0 Å². The molecular formula is C24H23N9. The first-order chi connectivity index (χ1) is 16.2. The van der Waals surface area contributed by atoms with E-state index in [2.05, 4.69) is 59.2 Å². The summed E-state index contributed by atoms with van der Waals surface area (Å²) in [5.41, 5.74) is 4.26. The number of hydrogen-bond donors (Lipinski definition) is 0. The van der Waals surface area contributed by atoms with Crippen molar-refractivity contribution in [2.75, 3.05) is 36.0 Å². The van der Waals surface area contributed by atoms with Crippen molar-refractivity contribution in [1.82, 2.24) is 34.5 Å². The first-order valence-corrected chi connectivity index (χ1v) is 10.9. The summed E-state index contributed by atoms with van der Waals surface area (Å²) in [6, 6.07) is 12.5. The number of benzene rings is 1. The standard InChI is InChI=1S/C24H23N9/c1-30-16-20(15-28-30)18-2-3-19-14-29-33(22(19)12-18)21-4-7-26-24(13-21)32-10-8-31(9-11-32)23-5-6-25-17-27-23/h2-7,12-17H,8-11H2,1H3. The highest BCUT2D eigenvalue weighted by Gasteiger charge is 2.19. The van der Waals surface area contributed by atoms with E-state index in [1.165, 1.54) is 0 Å². The van der Waals surface area contributed by atoms with Gasteiger partial charge in [-0.05, 0) is 23.8 Å². The Morgan fingerprint density at radius 3 is 2.36 bits per heavy atom. The molecule has 1 aromatic carbocycles. The van der Waals surface area contributed by atoms with Gasteiger partial charge in [-0.2, -0.15) is 10.2 Å². The van der Waals surface area contributed by atoms with E-state index in [1.807, 2.05) is 53.3 Å². The number of rotatable bonds is 4. The summed E-state index contributed by atoms with van der Waals surface area (Å²) in [4.78, 5) is 17.6. The summed E-state index contributed by atoms with van der Waals surface area (Å²) < 4.78 is 3.80. The summed E-state index contributed by atoms with van der Waals surface area (Å²) in [5.74, 6) is 1.93. The van der Waals surface area contributed by atoms with Crippen LogP contribution in [0, 0.1) is 0 Å². The van der Waals surface area contributed by atoms with Crippen molar-refractivity contribution in [3.8, 4) is 16.8 Å². The first-order valence-electron chi connectivity index (χ1n) is 10.9. The lowest BCUT2D eigenvalue weighted by molar-refractivity contribution is 0.640. The molecule has 33 heavy (non-hydrogen) atoms. The van der Waals surface area contributed by atoms with E-state index >= 15 is 0 Å². The van der Waals surface area contributed by atoms with E-state index < -0.39 is 0 Å². The second kappa shape index (κ2) is 8.01. The highest BCUT2D eigenvalue weighted by Crippen LogP contribution is 2.27. The Morgan fingerprint density at radius 2 is 1.61 bits per heavy atom. The van der Waals surface area contributed by atoms with Gasteiger partial charge in [0.1, 0.15) is 18.0 Å². The van der Waals surface area contributed by atoms with Gasteiger partial charge in [0.05, 0.1) is 23.6 Å². The van der Waals surface area contributed by atoms with E-state index in [4.69, 9.17) is 0 Å². The van der Waals surface area contributed by atoms with Crippen molar-refractivity contribution >= 4 is 22.5 Å². The highest BCUT2D eigenvalue weighted by atomic mass is 15.3. The van der Waals surface area contributed by atoms with Crippen LogP contribution in [0.4, 0.5) is 11.6 Å². The molecular weight excluding hydrogens is 414 g/mol. The van der Waals surface area contributed by atoms with Crippen LogP contribution in [0.1, 0.15) is 0 Å². The van der Waals surface area contributed by atoms with Crippen molar-refractivity contribution in [1.29, 1.82) is 0 Å². The second-order valence-corrected chi connectivity index (χ2v) is 8.15. The molecule has 0 saturated carbocycles. The number of hydrogen-bond acceptors (Lipinski definition) is 7. The fourth-order valence-corrected chi connectivity index (χ4v) is 4.32. The third-order valence-corrected chi connectivity index (χ3v) is 6.08. The molecule has 0 aliphatic carbocycles. The summed E-state index contributed by atoms with van der Waals surface area (Å²) in [5, 5.41) is 10.1. The maximum atomic E-state index is 4.67. The van der Waals surface area contributed by atoms with E-state index in [0.29, 0.717) is 0 Å². The van der Waals surface area contributed by atoms with Gasteiger partial charge in [-0.3, -0.25) is 4.68 Å². The van der Waals surface area contributed by atoms with Gasteiger partial charge in [-0.15, -0.1) is 0 Å². The summed E-state index contributed by atoms with van der Waals surface area (Å²) in [7, 11) is 1.93. The third-order valence-electron chi connectivity index (χ3n) is 6.08. The Kier molecular flexibility index (Phi) is 4.71. The van der Waals surface area contributed by atoms with Gasteiger partial charge in [-0.25, -0.2) is 19.6 Å². The Bertz CT molecular complexity index is 1400. The van der Waals surface area contributed by atoms with Gasteiger partial charge < -0.3 is 9.80 Å². The molecule has 5 aromatic rings. The molecule has 0 spiro atoms. The van der Waals surface area contributed by atoms with E-state index in [1.54, 1.807) is 12.5 Å². The lowest BCUT2D eigenvalue weighted by Crippen LogP contribution is -2.47. The van der Waals surface area contributed by atoms with E-state index in [0.717, 1.165) is 65.5 Å². The molecule has 9 nitrogen and oxygen atoms in total. The topological polar surface area (TPSA) is 80.8 Å². The van der Waals surface area contributed by atoms with Gasteiger partial charge in [0.2, 0.25) is 0 Å². The van der Waals surface area contributed by atoms with Crippen LogP contribution in [0.15, 0.2) is 73.7 Å². The maximum absolute atomic E-state index is 4.67. The zero-order chi connectivity index (χ0) is 22.2. The van der Waals surface area contributed by atoms with Crippen LogP contribution in [-0.2, 0) is 7.05 Å². The summed E-state index contributed by atoms with van der Waals surface area (Å²) in [6.45, 7) is 3.54. The van der Waals surface area contributed by atoms with Crippen LogP contribution in [0.25, 0.3) is 27.7 Å². The van der Waals surface area contributed by atoms with Crippen LogP contribution >= 0.6 is 0 Å². The molecule has 0 amide bonds. The summed E-state index contributed by atoms with van der Waals surface area (Å²) in [6.07, 6.45) is 11.1. The third kappa shape index (κ3) is 3.67. The molecule has 1 fully saturated rings. The lowest BCUT2D eigenvalue weighted by atomic mass is 10.1. The van der Waals surface area contributed by atoms with E-state index in [9.17, 15) is 0 Å². The Balaban J connectivity index is 1.27. The molecule has 9 heteroatoms. The van der Waals surface area contributed by atoms with Gasteiger partial charge in [0.15, 0.2) is 0 Å². The number of aryl methyl sites for hydroxylation is 1. The van der Waals surface area contributed by atoms with Crippen LogP contribution in [-0.4, -0.2) is 60.7 Å². The average Bonchev–Trinajstić information content (AvgIpc) is 3.50. The number of aromatic nitrogens is 7. The molecule has 164 valence electrons. The van der Waals surface area contributed by atoms with Gasteiger partial charge in [-0.1, -0.05) is 12.1 Å². The van der Waals surface area contributed by atoms with Crippen molar-refractivity contribution < 1.29 is 0 Å². The Labute approximate surface area is 190 Å². The van der Waals surface area contributed by atoms with Crippen LogP contribution in [0.3, 0.4) is 0 Å². The van der Waals surface area contributed by atoms with Gasteiger partial charge in [0.25, 0.3) is 0 Å². The normalized spacial score (nSPS) is 14.2. The molecule has 0 bridgehead atoms. The number of nitrogens with zero attached hydrogens (tertiary/aromatic N) is 9. The summed E-state index contributed by atoms with van der Waals surface area (Å²) >= 11 is 0. The minimum atomic E-state index is 0.880. The molecule has 0 unspecified atom stereocenters. The van der Waals surface area contributed by atoms with Crippen molar-refractivity contribution in [2.45, 2.75) is 0 Å². The number of piperazine rings is 1.